The van der Waals surface area contributed by atoms with Gasteiger partial charge in [0.05, 0.1) is 23.4 Å². The number of methoxy groups -OCH3 is 1. The standard InChI is InChI=1S/C24H18Cl2N2O4/c1-30-16-3-5-17(6-4-16)32-23-12-27-14-28-24(23)19-8-7-18(11-22(19)29)31-13-15-2-9-20(25)21(26)10-15/h2-12,14,29H,13H2,1H3. The summed E-state index contributed by atoms with van der Waals surface area (Å²) in [6.07, 6.45) is 2.94. The molecule has 0 unspecified atom stereocenters. The highest BCUT2D eigenvalue weighted by atomic mass is 35.5. The van der Waals surface area contributed by atoms with Gasteiger partial charge in [0, 0.05) is 11.6 Å². The van der Waals surface area contributed by atoms with Crippen molar-refractivity contribution in [3.8, 4) is 40.0 Å². The molecule has 1 heterocycles. The molecule has 162 valence electrons. The summed E-state index contributed by atoms with van der Waals surface area (Å²) < 4.78 is 16.9. The molecule has 0 atom stereocenters. The van der Waals surface area contributed by atoms with E-state index in [1.165, 1.54) is 12.4 Å². The summed E-state index contributed by atoms with van der Waals surface area (Å²) in [5.74, 6) is 2.19. The van der Waals surface area contributed by atoms with Crippen molar-refractivity contribution in [1.29, 1.82) is 0 Å². The van der Waals surface area contributed by atoms with Crippen molar-refractivity contribution in [1.82, 2.24) is 9.97 Å². The van der Waals surface area contributed by atoms with Crippen molar-refractivity contribution in [3.05, 3.63) is 88.8 Å². The Morgan fingerprint density at radius 3 is 2.34 bits per heavy atom. The molecule has 0 fully saturated rings. The van der Waals surface area contributed by atoms with Gasteiger partial charge in [0.1, 0.15) is 41.6 Å². The van der Waals surface area contributed by atoms with Gasteiger partial charge in [-0.25, -0.2) is 9.97 Å². The molecule has 0 aliphatic carbocycles. The third kappa shape index (κ3) is 5.04. The highest BCUT2D eigenvalue weighted by Crippen LogP contribution is 2.38. The average molecular weight is 469 g/mol. The molecule has 0 spiro atoms. The predicted octanol–water partition coefficient (Wildman–Crippen LogP) is 6.54. The number of hydrogen-bond donors (Lipinski definition) is 1. The minimum Gasteiger partial charge on any atom is -0.507 e. The molecular formula is C24H18Cl2N2O4. The lowest BCUT2D eigenvalue weighted by Gasteiger charge is -2.13. The zero-order chi connectivity index (χ0) is 22.5. The van der Waals surface area contributed by atoms with E-state index in [1.807, 2.05) is 6.07 Å². The largest absolute Gasteiger partial charge is 0.507 e. The molecular weight excluding hydrogens is 451 g/mol. The van der Waals surface area contributed by atoms with Gasteiger partial charge >= 0.3 is 0 Å². The van der Waals surface area contributed by atoms with Crippen LogP contribution in [0.1, 0.15) is 5.56 Å². The minimum absolute atomic E-state index is 0.00470. The molecule has 3 aromatic carbocycles. The van der Waals surface area contributed by atoms with Gasteiger partial charge < -0.3 is 19.3 Å². The summed E-state index contributed by atoms with van der Waals surface area (Å²) in [6.45, 7) is 0.273. The molecule has 0 amide bonds. The Morgan fingerprint density at radius 2 is 1.62 bits per heavy atom. The van der Waals surface area contributed by atoms with Crippen molar-refractivity contribution in [3.63, 3.8) is 0 Å². The lowest BCUT2D eigenvalue weighted by molar-refractivity contribution is 0.304. The highest BCUT2D eigenvalue weighted by Gasteiger charge is 2.14. The second kappa shape index (κ2) is 9.77. The second-order valence-electron chi connectivity index (χ2n) is 6.73. The SMILES string of the molecule is COc1ccc(Oc2cncnc2-c2ccc(OCc3ccc(Cl)c(Cl)c3)cc2O)cc1. The molecule has 1 aromatic heterocycles. The quantitative estimate of drug-likeness (QED) is 0.332. The molecule has 1 N–H and O–H groups in total. The first-order chi connectivity index (χ1) is 15.5. The van der Waals surface area contributed by atoms with Gasteiger partial charge in [-0.1, -0.05) is 29.3 Å². The maximum atomic E-state index is 10.6. The average Bonchev–Trinajstić information content (AvgIpc) is 2.81. The van der Waals surface area contributed by atoms with Crippen molar-refractivity contribution in [2.24, 2.45) is 0 Å². The minimum atomic E-state index is -0.00470. The van der Waals surface area contributed by atoms with Crippen LogP contribution in [0.3, 0.4) is 0 Å². The van der Waals surface area contributed by atoms with E-state index in [4.69, 9.17) is 37.4 Å². The molecule has 6 nitrogen and oxygen atoms in total. The summed E-state index contributed by atoms with van der Waals surface area (Å²) in [6, 6.07) is 17.4. The van der Waals surface area contributed by atoms with E-state index in [9.17, 15) is 5.11 Å². The molecule has 0 bridgehead atoms. The van der Waals surface area contributed by atoms with Crippen LogP contribution in [0.15, 0.2) is 73.2 Å². The fourth-order valence-electron chi connectivity index (χ4n) is 2.96. The maximum absolute atomic E-state index is 10.6. The Kier molecular flexibility index (Phi) is 6.63. The van der Waals surface area contributed by atoms with E-state index in [0.29, 0.717) is 38.6 Å². The first-order valence-corrected chi connectivity index (χ1v) is 10.3. The van der Waals surface area contributed by atoms with Crippen LogP contribution in [0.5, 0.6) is 28.7 Å². The summed E-state index contributed by atoms with van der Waals surface area (Å²) in [5, 5.41) is 11.6. The van der Waals surface area contributed by atoms with Gasteiger partial charge in [-0.3, -0.25) is 0 Å². The predicted molar refractivity (Wildman–Crippen MR) is 123 cm³/mol. The molecule has 4 aromatic rings. The van der Waals surface area contributed by atoms with Gasteiger partial charge in [-0.2, -0.15) is 0 Å². The van der Waals surface area contributed by atoms with Gasteiger partial charge in [0.25, 0.3) is 0 Å². The highest BCUT2D eigenvalue weighted by molar-refractivity contribution is 6.42. The zero-order valence-electron chi connectivity index (χ0n) is 17.0. The molecule has 32 heavy (non-hydrogen) atoms. The number of phenolic OH excluding ortho intramolecular Hbond substituents is 1. The summed E-state index contributed by atoms with van der Waals surface area (Å²) in [5.41, 5.74) is 1.79. The van der Waals surface area contributed by atoms with E-state index in [0.717, 1.165) is 11.3 Å². The van der Waals surface area contributed by atoms with Crippen molar-refractivity contribution < 1.29 is 19.3 Å². The topological polar surface area (TPSA) is 73.7 Å². The van der Waals surface area contributed by atoms with Gasteiger partial charge in [-0.05, 0) is 54.1 Å². The first kappa shape index (κ1) is 21.7. The summed E-state index contributed by atoms with van der Waals surface area (Å²) >= 11 is 12.0. The number of ether oxygens (including phenoxy) is 3. The molecule has 0 radical (unpaired) electrons. The molecule has 4 rings (SSSR count). The number of hydrogen-bond acceptors (Lipinski definition) is 6. The lowest BCUT2D eigenvalue weighted by Crippen LogP contribution is -1.96. The third-order valence-electron chi connectivity index (χ3n) is 4.58. The number of phenols is 1. The van der Waals surface area contributed by atoms with Crippen LogP contribution in [0, 0.1) is 0 Å². The first-order valence-electron chi connectivity index (χ1n) is 9.55. The van der Waals surface area contributed by atoms with Gasteiger partial charge in [0.2, 0.25) is 0 Å². The molecule has 0 saturated carbocycles. The number of rotatable bonds is 7. The van der Waals surface area contributed by atoms with Crippen LogP contribution in [0.4, 0.5) is 0 Å². The Morgan fingerprint density at radius 1 is 0.875 bits per heavy atom. The van der Waals surface area contributed by atoms with Crippen LogP contribution >= 0.6 is 23.2 Å². The smallest absolute Gasteiger partial charge is 0.172 e. The van der Waals surface area contributed by atoms with Gasteiger partial charge in [0.15, 0.2) is 5.75 Å². The van der Waals surface area contributed by atoms with E-state index in [2.05, 4.69) is 9.97 Å². The van der Waals surface area contributed by atoms with E-state index < -0.39 is 0 Å². The fourth-order valence-corrected chi connectivity index (χ4v) is 3.28. The van der Waals surface area contributed by atoms with Crippen molar-refractivity contribution >= 4 is 23.2 Å². The number of aromatic hydroxyl groups is 1. The summed E-state index contributed by atoms with van der Waals surface area (Å²) in [4.78, 5) is 8.33. The monoisotopic (exact) mass is 468 g/mol. The Balaban J connectivity index is 1.53. The Labute approximate surface area is 195 Å². The second-order valence-corrected chi connectivity index (χ2v) is 7.54. The van der Waals surface area contributed by atoms with Gasteiger partial charge in [-0.15, -0.1) is 0 Å². The van der Waals surface area contributed by atoms with Crippen LogP contribution in [-0.2, 0) is 6.61 Å². The molecule has 8 heteroatoms. The third-order valence-corrected chi connectivity index (χ3v) is 5.32. The van der Waals surface area contributed by atoms with E-state index in [1.54, 1.807) is 61.8 Å². The van der Waals surface area contributed by atoms with E-state index >= 15 is 0 Å². The zero-order valence-corrected chi connectivity index (χ0v) is 18.5. The van der Waals surface area contributed by atoms with Crippen molar-refractivity contribution in [2.75, 3.05) is 7.11 Å². The van der Waals surface area contributed by atoms with Crippen molar-refractivity contribution in [2.45, 2.75) is 6.61 Å². The van der Waals surface area contributed by atoms with Crippen LogP contribution in [0.25, 0.3) is 11.3 Å². The normalized spacial score (nSPS) is 10.6. The van der Waals surface area contributed by atoms with Crippen LogP contribution in [-0.4, -0.2) is 22.2 Å². The summed E-state index contributed by atoms with van der Waals surface area (Å²) in [7, 11) is 1.60. The molecule has 0 aliphatic rings. The Hall–Kier alpha value is -3.48. The Bertz CT molecular complexity index is 1230. The lowest BCUT2D eigenvalue weighted by atomic mass is 10.1. The van der Waals surface area contributed by atoms with Crippen LogP contribution in [0.2, 0.25) is 10.0 Å². The number of aromatic nitrogens is 2. The van der Waals surface area contributed by atoms with E-state index in [-0.39, 0.29) is 12.4 Å². The maximum Gasteiger partial charge on any atom is 0.172 e. The number of benzene rings is 3. The molecule has 0 saturated heterocycles. The molecule has 0 aliphatic heterocycles. The number of nitrogens with zero attached hydrogens (tertiary/aromatic N) is 2. The van der Waals surface area contributed by atoms with Crippen LogP contribution < -0.4 is 14.2 Å². The number of halogens is 2. The fraction of sp³-hybridized carbons (Fsp3) is 0.0833.